The number of hydrogen-bond donors (Lipinski definition) is 0. The first-order valence-electron chi connectivity index (χ1n) is 11.4. The van der Waals surface area contributed by atoms with Gasteiger partial charge in [0.15, 0.2) is 6.10 Å². The maximum Gasteiger partial charge on any atom is 0.471 e. The SMILES string of the molecule is CC(=O)OC[C@H]1O[C@@H](OC(C)=O)[C@H](OC(C)=O)[C@H]([C@@H]2[C@@H](OC(C)=O)CCN2C(=O)C(F)(F)F)[C@H]1OC(C)=O. The van der Waals surface area contributed by atoms with Crippen molar-refractivity contribution in [2.45, 2.75) is 84.0 Å². The maximum absolute atomic E-state index is 13.6. The molecular weight excluding hydrogens is 527 g/mol. The van der Waals surface area contributed by atoms with Gasteiger partial charge in [0.25, 0.3) is 0 Å². The zero-order chi connectivity index (χ0) is 28.9. The van der Waals surface area contributed by atoms with Gasteiger partial charge in [0, 0.05) is 47.6 Å². The Balaban J connectivity index is 2.75. The molecular formula is C22H28F3NO12. The number of hydrogen-bond acceptors (Lipinski definition) is 12. The molecule has 2 aliphatic heterocycles. The Labute approximate surface area is 214 Å². The number of halogens is 3. The zero-order valence-electron chi connectivity index (χ0n) is 21.1. The lowest BCUT2D eigenvalue weighted by molar-refractivity contribution is -0.295. The summed E-state index contributed by atoms with van der Waals surface area (Å²) >= 11 is 0. The highest BCUT2D eigenvalue weighted by Gasteiger charge is 2.61. The standard InChI is InChI=1S/C22H28F3NO12/c1-9(27)33-8-15-18(35-11(3)29)16(19(36-12(4)30)20(38-15)37-13(5)31)17-14(34-10(2)28)6-7-26(17)21(32)22(23,24)25/h14-20H,6-8H2,1-5H3/t14-,15+,16+,17-,18-,19+,20+/m0/s1. The van der Waals surface area contributed by atoms with Crippen LogP contribution in [0.15, 0.2) is 0 Å². The Kier molecular flexibility index (Phi) is 10.1. The summed E-state index contributed by atoms with van der Waals surface area (Å²) in [6.45, 7) is 3.76. The summed E-state index contributed by atoms with van der Waals surface area (Å²) in [5.74, 6) is -8.50. The molecule has 1 amide bonds. The number of likely N-dealkylation sites (tertiary alicyclic amines) is 1. The maximum atomic E-state index is 13.6. The first kappa shape index (κ1) is 30.8. The van der Waals surface area contributed by atoms with Crippen LogP contribution in [0.1, 0.15) is 41.0 Å². The molecule has 16 heteroatoms. The third-order valence-electron chi connectivity index (χ3n) is 5.65. The summed E-state index contributed by atoms with van der Waals surface area (Å²) in [6, 6.07) is -1.71. The smallest absolute Gasteiger partial charge is 0.463 e. The predicted molar refractivity (Wildman–Crippen MR) is 113 cm³/mol. The van der Waals surface area contributed by atoms with Crippen LogP contribution in [0.25, 0.3) is 0 Å². The summed E-state index contributed by atoms with van der Waals surface area (Å²) in [5.41, 5.74) is 0. The molecule has 0 aromatic heterocycles. The molecule has 214 valence electrons. The number of nitrogens with zero attached hydrogens (tertiary/aromatic N) is 1. The number of esters is 5. The summed E-state index contributed by atoms with van der Waals surface area (Å²) in [7, 11) is 0. The fourth-order valence-electron chi connectivity index (χ4n) is 4.58. The minimum Gasteiger partial charge on any atom is -0.463 e. The lowest BCUT2D eigenvalue weighted by atomic mass is 9.80. The van der Waals surface area contributed by atoms with Crippen LogP contribution in [0.4, 0.5) is 13.2 Å². The van der Waals surface area contributed by atoms with Crippen LogP contribution in [0.3, 0.4) is 0 Å². The molecule has 13 nitrogen and oxygen atoms in total. The molecule has 2 heterocycles. The van der Waals surface area contributed by atoms with Gasteiger partial charge in [-0.3, -0.25) is 28.8 Å². The monoisotopic (exact) mass is 555 g/mol. The van der Waals surface area contributed by atoms with Crippen molar-refractivity contribution in [1.29, 1.82) is 0 Å². The first-order valence-corrected chi connectivity index (χ1v) is 11.4. The quantitative estimate of drug-likeness (QED) is 0.315. The van der Waals surface area contributed by atoms with Crippen molar-refractivity contribution in [3.05, 3.63) is 0 Å². The van der Waals surface area contributed by atoms with Gasteiger partial charge in [-0.1, -0.05) is 0 Å². The second-order valence-corrected chi connectivity index (χ2v) is 8.60. The molecule has 2 aliphatic rings. The van der Waals surface area contributed by atoms with Gasteiger partial charge in [-0.05, 0) is 0 Å². The fraction of sp³-hybridized carbons (Fsp3) is 0.727. The number of amides is 1. The summed E-state index contributed by atoms with van der Waals surface area (Å²) in [5, 5.41) is 0. The van der Waals surface area contributed by atoms with E-state index in [1.54, 1.807) is 0 Å². The van der Waals surface area contributed by atoms with Crippen LogP contribution in [0.2, 0.25) is 0 Å². The van der Waals surface area contributed by atoms with E-state index < -0.39 is 97.7 Å². The molecule has 0 radical (unpaired) electrons. The Morgan fingerprint density at radius 1 is 0.789 bits per heavy atom. The van der Waals surface area contributed by atoms with Gasteiger partial charge in [0.05, 0.1) is 12.0 Å². The summed E-state index contributed by atoms with van der Waals surface area (Å²) in [6.07, 6.45) is -13.6. The van der Waals surface area contributed by atoms with Gasteiger partial charge in [-0.15, -0.1) is 0 Å². The van der Waals surface area contributed by atoms with Gasteiger partial charge in [0.2, 0.25) is 6.29 Å². The molecule has 0 N–H and O–H groups in total. The third-order valence-corrected chi connectivity index (χ3v) is 5.65. The molecule has 0 unspecified atom stereocenters. The molecule has 7 atom stereocenters. The van der Waals surface area contributed by atoms with Gasteiger partial charge < -0.3 is 33.3 Å². The molecule has 0 aromatic carbocycles. The Morgan fingerprint density at radius 3 is 1.79 bits per heavy atom. The van der Waals surface area contributed by atoms with Crippen LogP contribution in [0.5, 0.6) is 0 Å². The van der Waals surface area contributed by atoms with E-state index >= 15 is 0 Å². The van der Waals surface area contributed by atoms with Crippen molar-refractivity contribution in [1.82, 2.24) is 4.90 Å². The average Bonchev–Trinajstić information content (AvgIpc) is 3.14. The van der Waals surface area contributed by atoms with Crippen molar-refractivity contribution >= 4 is 35.8 Å². The number of rotatable bonds is 7. The van der Waals surface area contributed by atoms with Crippen LogP contribution in [0, 0.1) is 5.92 Å². The van der Waals surface area contributed by atoms with E-state index in [0.717, 1.165) is 34.6 Å². The van der Waals surface area contributed by atoms with E-state index in [9.17, 15) is 41.9 Å². The van der Waals surface area contributed by atoms with Crippen LogP contribution < -0.4 is 0 Å². The van der Waals surface area contributed by atoms with Gasteiger partial charge in [-0.2, -0.15) is 13.2 Å². The Morgan fingerprint density at radius 2 is 1.32 bits per heavy atom. The lowest BCUT2D eigenvalue weighted by Gasteiger charge is -2.48. The van der Waals surface area contributed by atoms with Gasteiger partial charge in [0.1, 0.15) is 24.9 Å². The molecule has 2 saturated heterocycles. The Hall–Kier alpha value is -3.43. The minimum absolute atomic E-state index is 0.254. The minimum atomic E-state index is -5.35. The van der Waals surface area contributed by atoms with Crippen LogP contribution in [-0.4, -0.2) is 96.7 Å². The van der Waals surface area contributed by atoms with E-state index in [4.69, 9.17) is 28.4 Å². The highest BCUT2D eigenvalue weighted by Crippen LogP contribution is 2.41. The first-order chi connectivity index (χ1) is 17.5. The topological polar surface area (TPSA) is 161 Å². The lowest BCUT2D eigenvalue weighted by Crippen LogP contribution is -2.66. The molecule has 0 aliphatic carbocycles. The van der Waals surface area contributed by atoms with Crippen molar-refractivity contribution in [3.63, 3.8) is 0 Å². The molecule has 0 aromatic rings. The van der Waals surface area contributed by atoms with Gasteiger partial charge >= 0.3 is 41.9 Å². The third kappa shape index (κ3) is 7.79. The summed E-state index contributed by atoms with van der Waals surface area (Å²) in [4.78, 5) is 72.0. The predicted octanol–water partition coefficient (Wildman–Crippen LogP) is 0.412. The fourth-order valence-corrected chi connectivity index (χ4v) is 4.58. The van der Waals surface area contributed by atoms with E-state index in [1.165, 1.54) is 0 Å². The number of carbonyl (C=O) groups is 6. The Bertz CT molecular complexity index is 954. The second-order valence-electron chi connectivity index (χ2n) is 8.60. The van der Waals surface area contributed by atoms with E-state index in [2.05, 4.69) is 0 Å². The van der Waals surface area contributed by atoms with Crippen LogP contribution in [-0.2, 0) is 57.2 Å². The highest BCUT2D eigenvalue weighted by atomic mass is 19.4. The highest BCUT2D eigenvalue weighted by molar-refractivity contribution is 5.82. The van der Waals surface area contributed by atoms with Crippen LogP contribution >= 0.6 is 0 Å². The number of alkyl halides is 3. The zero-order valence-corrected chi connectivity index (χ0v) is 21.1. The number of carbonyl (C=O) groups excluding carboxylic acids is 6. The van der Waals surface area contributed by atoms with Crippen molar-refractivity contribution in [3.8, 4) is 0 Å². The van der Waals surface area contributed by atoms with Gasteiger partial charge in [-0.25, -0.2) is 0 Å². The molecule has 2 fully saturated rings. The molecule has 2 rings (SSSR count). The second kappa shape index (κ2) is 12.4. The van der Waals surface area contributed by atoms with E-state index in [-0.39, 0.29) is 6.42 Å². The molecule has 0 saturated carbocycles. The normalized spacial score (nSPS) is 29.2. The van der Waals surface area contributed by atoms with Crippen molar-refractivity contribution in [2.24, 2.45) is 5.92 Å². The largest absolute Gasteiger partial charge is 0.471 e. The molecule has 0 bridgehead atoms. The van der Waals surface area contributed by atoms with Crippen molar-refractivity contribution in [2.75, 3.05) is 13.2 Å². The molecule has 38 heavy (non-hydrogen) atoms. The average molecular weight is 555 g/mol. The summed E-state index contributed by atoms with van der Waals surface area (Å²) < 4.78 is 72.2. The molecule has 0 spiro atoms. The number of ether oxygens (including phenoxy) is 6. The van der Waals surface area contributed by atoms with E-state index in [1.807, 2.05) is 0 Å². The van der Waals surface area contributed by atoms with E-state index in [0.29, 0.717) is 4.90 Å². The van der Waals surface area contributed by atoms with Crippen molar-refractivity contribution < 1.29 is 70.4 Å².